The summed E-state index contributed by atoms with van der Waals surface area (Å²) in [5.74, 6) is 0.525. The van der Waals surface area contributed by atoms with Crippen molar-refractivity contribution in [3.8, 4) is 0 Å². The molecule has 0 aliphatic carbocycles. The van der Waals surface area contributed by atoms with E-state index in [1.807, 2.05) is 54.0 Å². The van der Waals surface area contributed by atoms with Crippen LogP contribution in [0.5, 0.6) is 0 Å². The van der Waals surface area contributed by atoms with Crippen molar-refractivity contribution in [2.45, 2.75) is 33.6 Å². The van der Waals surface area contributed by atoms with Gasteiger partial charge < -0.3 is 9.80 Å². The predicted molar refractivity (Wildman–Crippen MR) is 92.0 cm³/mol. The first-order chi connectivity index (χ1) is 10.9. The molecule has 0 aromatic heterocycles. The molecule has 2 rings (SSSR count). The summed E-state index contributed by atoms with van der Waals surface area (Å²) in [7, 11) is 0. The minimum Gasteiger partial charge on any atom is -0.339 e. The summed E-state index contributed by atoms with van der Waals surface area (Å²) in [6.45, 7) is 10.6. The second-order valence-corrected chi connectivity index (χ2v) is 6.94. The monoisotopic (exact) mass is 316 g/mol. The van der Waals surface area contributed by atoms with Gasteiger partial charge in [0.05, 0.1) is 5.92 Å². The quantitative estimate of drug-likeness (QED) is 0.857. The Morgan fingerprint density at radius 3 is 1.74 bits per heavy atom. The van der Waals surface area contributed by atoms with E-state index in [0.717, 1.165) is 5.56 Å². The SMILES string of the molecule is CC(C)C(=O)N1CCN(C(=O)C(c2ccccc2)C(C)C)CC1. The summed E-state index contributed by atoms with van der Waals surface area (Å²) < 4.78 is 0. The molecule has 0 radical (unpaired) electrons. The molecule has 0 bridgehead atoms. The van der Waals surface area contributed by atoms with Gasteiger partial charge in [0.1, 0.15) is 0 Å². The maximum absolute atomic E-state index is 13.0. The van der Waals surface area contributed by atoms with Crippen LogP contribution in [0.1, 0.15) is 39.2 Å². The largest absolute Gasteiger partial charge is 0.339 e. The van der Waals surface area contributed by atoms with E-state index in [2.05, 4.69) is 13.8 Å². The second kappa shape index (κ2) is 7.62. The average Bonchev–Trinajstić information content (AvgIpc) is 2.55. The molecule has 2 amide bonds. The molecule has 1 unspecified atom stereocenters. The molecule has 1 aromatic rings. The van der Waals surface area contributed by atoms with Crippen LogP contribution in [0.15, 0.2) is 30.3 Å². The molecule has 1 aliphatic rings. The molecule has 1 saturated heterocycles. The van der Waals surface area contributed by atoms with E-state index in [-0.39, 0.29) is 29.6 Å². The number of nitrogens with zero attached hydrogens (tertiary/aromatic N) is 2. The third kappa shape index (κ3) is 4.12. The van der Waals surface area contributed by atoms with E-state index in [9.17, 15) is 9.59 Å². The van der Waals surface area contributed by atoms with Gasteiger partial charge in [-0.3, -0.25) is 9.59 Å². The average molecular weight is 316 g/mol. The van der Waals surface area contributed by atoms with Crippen molar-refractivity contribution in [1.82, 2.24) is 9.80 Å². The zero-order valence-corrected chi connectivity index (χ0v) is 14.7. The number of carbonyl (C=O) groups is 2. The molecule has 4 nitrogen and oxygen atoms in total. The van der Waals surface area contributed by atoms with Gasteiger partial charge in [0, 0.05) is 32.1 Å². The maximum atomic E-state index is 13.0. The van der Waals surface area contributed by atoms with Crippen LogP contribution in [-0.2, 0) is 9.59 Å². The highest BCUT2D eigenvalue weighted by atomic mass is 16.2. The molecule has 1 fully saturated rings. The fraction of sp³-hybridized carbons (Fsp3) is 0.579. The third-order valence-corrected chi connectivity index (χ3v) is 4.49. The summed E-state index contributed by atoms with van der Waals surface area (Å²) >= 11 is 0. The minimum atomic E-state index is -0.108. The zero-order chi connectivity index (χ0) is 17.0. The summed E-state index contributed by atoms with van der Waals surface area (Å²) in [5, 5.41) is 0. The van der Waals surface area contributed by atoms with Gasteiger partial charge in [-0.2, -0.15) is 0 Å². The molecule has 126 valence electrons. The van der Waals surface area contributed by atoms with Gasteiger partial charge in [-0.15, -0.1) is 0 Å². The Hall–Kier alpha value is -1.84. The van der Waals surface area contributed by atoms with Gasteiger partial charge in [0.2, 0.25) is 11.8 Å². The van der Waals surface area contributed by atoms with Gasteiger partial charge in [0.25, 0.3) is 0 Å². The van der Waals surface area contributed by atoms with Crippen molar-refractivity contribution in [1.29, 1.82) is 0 Å². The molecule has 0 N–H and O–H groups in total. The van der Waals surface area contributed by atoms with E-state index in [1.54, 1.807) is 0 Å². The third-order valence-electron chi connectivity index (χ3n) is 4.49. The number of benzene rings is 1. The number of piperazine rings is 1. The van der Waals surface area contributed by atoms with Gasteiger partial charge in [0.15, 0.2) is 0 Å². The number of hydrogen-bond acceptors (Lipinski definition) is 2. The minimum absolute atomic E-state index is 0.0185. The fourth-order valence-corrected chi connectivity index (χ4v) is 3.18. The van der Waals surface area contributed by atoms with Crippen molar-refractivity contribution in [2.75, 3.05) is 26.2 Å². The molecule has 0 spiro atoms. The van der Waals surface area contributed by atoms with Crippen LogP contribution < -0.4 is 0 Å². The van der Waals surface area contributed by atoms with Crippen LogP contribution in [0.4, 0.5) is 0 Å². The van der Waals surface area contributed by atoms with Crippen LogP contribution >= 0.6 is 0 Å². The van der Waals surface area contributed by atoms with Crippen LogP contribution in [0.3, 0.4) is 0 Å². The highest BCUT2D eigenvalue weighted by molar-refractivity contribution is 5.84. The Bertz CT molecular complexity index is 532. The Kier molecular flexibility index (Phi) is 5.80. The summed E-state index contributed by atoms with van der Waals surface area (Å²) in [4.78, 5) is 28.8. The van der Waals surface area contributed by atoms with Crippen LogP contribution in [0, 0.1) is 11.8 Å². The molecule has 1 aromatic carbocycles. The number of rotatable bonds is 4. The second-order valence-electron chi connectivity index (χ2n) is 6.94. The smallest absolute Gasteiger partial charge is 0.230 e. The Balaban J connectivity index is 2.04. The lowest BCUT2D eigenvalue weighted by Gasteiger charge is -2.38. The van der Waals surface area contributed by atoms with E-state index >= 15 is 0 Å². The summed E-state index contributed by atoms with van der Waals surface area (Å²) in [6.07, 6.45) is 0. The van der Waals surface area contributed by atoms with Crippen molar-refractivity contribution < 1.29 is 9.59 Å². The molecule has 23 heavy (non-hydrogen) atoms. The normalized spacial score (nSPS) is 16.8. The fourth-order valence-electron chi connectivity index (χ4n) is 3.18. The van der Waals surface area contributed by atoms with Crippen LogP contribution in [0.2, 0.25) is 0 Å². The Morgan fingerprint density at radius 1 is 0.826 bits per heavy atom. The molecule has 1 atom stereocenters. The van der Waals surface area contributed by atoms with Gasteiger partial charge >= 0.3 is 0 Å². The number of carbonyl (C=O) groups excluding carboxylic acids is 2. The lowest BCUT2D eigenvalue weighted by atomic mass is 9.87. The molecule has 1 aliphatic heterocycles. The van der Waals surface area contributed by atoms with Crippen molar-refractivity contribution in [3.63, 3.8) is 0 Å². The highest BCUT2D eigenvalue weighted by Gasteiger charge is 2.31. The molecule has 0 saturated carbocycles. The van der Waals surface area contributed by atoms with Crippen LogP contribution in [0.25, 0.3) is 0 Å². The van der Waals surface area contributed by atoms with E-state index < -0.39 is 0 Å². The highest BCUT2D eigenvalue weighted by Crippen LogP contribution is 2.27. The zero-order valence-electron chi connectivity index (χ0n) is 14.7. The molecular formula is C19H28N2O2. The molecular weight excluding hydrogens is 288 g/mol. The van der Waals surface area contributed by atoms with E-state index in [0.29, 0.717) is 26.2 Å². The summed E-state index contributed by atoms with van der Waals surface area (Å²) in [5.41, 5.74) is 1.08. The van der Waals surface area contributed by atoms with E-state index in [1.165, 1.54) is 0 Å². The molecule has 1 heterocycles. The summed E-state index contributed by atoms with van der Waals surface area (Å²) in [6, 6.07) is 10.00. The number of hydrogen-bond donors (Lipinski definition) is 0. The van der Waals surface area contributed by atoms with Crippen LogP contribution in [-0.4, -0.2) is 47.8 Å². The van der Waals surface area contributed by atoms with Gasteiger partial charge in [-0.05, 0) is 11.5 Å². The van der Waals surface area contributed by atoms with Crippen molar-refractivity contribution in [2.24, 2.45) is 11.8 Å². The first kappa shape index (κ1) is 17.5. The first-order valence-electron chi connectivity index (χ1n) is 8.54. The van der Waals surface area contributed by atoms with Crippen molar-refractivity contribution >= 4 is 11.8 Å². The lowest BCUT2D eigenvalue weighted by molar-refractivity contribution is -0.142. The Morgan fingerprint density at radius 2 is 1.30 bits per heavy atom. The maximum Gasteiger partial charge on any atom is 0.230 e. The predicted octanol–water partition coefficient (Wildman–Crippen LogP) is 2.75. The standard InChI is InChI=1S/C19H28N2O2/c1-14(2)17(16-8-6-5-7-9-16)19(23)21-12-10-20(11-13-21)18(22)15(3)4/h5-9,14-15,17H,10-13H2,1-4H3. The van der Waals surface area contributed by atoms with E-state index in [4.69, 9.17) is 0 Å². The van der Waals surface area contributed by atoms with Gasteiger partial charge in [-0.1, -0.05) is 58.0 Å². The van der Waals surface area contributed by atoms with Crippen molar-refractivity contribution in [3.05, 3.63) is 35.9 Å². The first-order valence-corrected chi connectivity index (χ1v) is 8.54. The molecule has 4 heteroatoms. The lowest BCUT2D eigenvalue weighted by Crippen LogP contribution is -2.52. The topological polar surface area (TPSA) is 40.6 Å². The van der Waals surface area contributed by atoms with Gasteiger partial charge in [-0.25, -0.2) is 0 Å². The number of amides is 2. The Labute approximate surface area is 139 Å².